The molecule has 12 heteroatoms. The maximum absolute atomic E-state index is 14.1. The largest absolute Gasteiger partial charge is 0.495 e. The predicted molar refractivity (Wildman–Crippen MR) is 187 cm³/mol. The van der Waals surface area contributed by atoms with Crippen LogP contribution in [0.2, 0.25) is 5.02 Å². The van der Waals surface area contributed by atoms with Crippen molar-refractivity contribution in [1.29, 1.82) is 0 Å². The fourth-order valence-electron chi connectivity index (χ4n) is 5.04. The number of thioether (sulfide) groups is 1. The molecule has 0 bridgehead atoms. The highest BCUT2D eigenvalue weighted by Gasteiger charge is 2.36. The number of para-hydroxylation sites is 2. The van der Waals surface area contributed by atoms with Crippen molar-refractivity contribution in [2.45, 2.75) is 51.1 Å². The van der Waals surface area contributed by atoms with Gasteiger partial charge < -0.3 is 24.8 Å². The van der Waals surface area contributed by atoms with Crippen LogP contribution >= 0.6 is 39.3 Å². The van der Waals surface area contributed by atoms with E-state index < -0.39 is 6.04 Å². The number of aromatic nitrogens is 3. The fourth-order valence-corrected chi connectivity index (χ4v) is 6.72. The number of fused-ring (bicyclic) bond motifs is 1. The number of ether oxygens (including phenoxy) is 3. The molecule has 3 aromatic carbocycles. The lowest BCUT2D eigenvalue weighted by Gasteiger charge is -2.29. The minimum absolute atomic E-state index is 0.308. The minimum Gasteiger partial charge on any atom is -0.495 e. The summed E-state index contributed by atoms with van der Waals surface area (Å²) in [6.45, 7) is 9.10. The molecule has 1 atom stereocenters. The Morgan fingerprint density at radius 1 is 1.13 bits per heavy atom. The van der Waals surface area contributed by atoms with Crippen molar-refractivity contribution in [2.24, 2.45) is 5.92 Å². The molecule has 1 aromatic heterocycles. The van der Waals surface area contributed by atoms with E-state index in [9.17, 15) is 4.79 Å². The zero-order valence-electron chi connectivity index (χ0n) is 26.4. The SMILES string of the molecule is CCOc1cc(C2C(C(=O)Nc3ccccc3OC)=C(C)Nc3nc(SCc4ccccc4Cl)nn32)cc(Br)c1OCCC(C)C. The first-order chi connectivity index (χ1) is 22.2. The molecule has 1 aliphatic rings. The molecule has 0 saturated heterocycles. The second-order valence-electron chi connectivity index (χ2n) is 11.1. The summed E-state index contributed by atoms with van der Waals surface area (Å²) in [5.41, 5.74) is 3.42. The van der Waals surface area contributed by atoms with Crippen molar-refractivity contribution in [3.05, 3.63) is 92.6 Å². The number of carbonyl (C=O) groups excluding carboxylic acids is 1. The third-order valence-electron chi connectivity index (χ3n) is 7.34. The highest BCUT2D eigenvalue weighted by molar-refractivity contribution is 9.10. The lowest BCUT2D eigenvalue weighted by molar-refractivity contribution is -0.113. The molecule has 0 fully saturated rings. The van der Waals surface area contributed by atoms with E-state index in [1.165, 1.54) is 11.8 Å². The normalized spacial score (nSPS) is 14.1. The Hall–Kier alpha value is -3.67. The smallest absolute Gasteiger partial charge is 0.255 e. The zero-order chi connectivity index (χ0) is 32.8. The molecule has 0 spiro atoms. The van der Waals surface area contributed by atoms with Crippen LogP contribution in [0.3, 0.4) is 0 Å². The van der Waals surface area contributed by atoms with Gasteiger partial charge >= 0.3 is 0 Å². The van der Waals surface area contributed by atoms with E-state index in [1.807, 2.05) is 62.4 Å². The van der Waals surface area contributed by atoms with Crippen LogP contribution in [0.4, 0.5) is 11.6 Å². The molecule has 4 aromatic rings. The van der Waals surface area contributed by atoms with E-state index >= 15 is 0 Å². The van der Waals surface area contributed by atoms with Gasteiger partial charge in [-0.25, -0.2) is 4.68 Å². The Balaban J connectivity index is 1.56. The van der Waals surface area contributed by atoms with Gasteiger partial charge in [0, 0.05) is 16.5 Å². The summed E-state index contributed by atoms with van der Waals surface area (Å²) in [7, 11) is 1.57. The average molecular weight is 727 g/mol. The first-order valence-electron chi connectivity index (χ1n) is 15.0. The molecule has 0 aliphatic carbocycles. The number of nitrogens with zero attached hydrogens (tertiary/aromatic N) is 3. The summed E-state index contributed by atoms with van der Waals surface area (Å²) in [6, 6.07) is 18.2. The van der Waals surface area contributed by atoms with E-state index in [0.717, 1.165) is 17.5 Å². The number of rotatable bonds is 13. The summed E-state index contributed by atoms with van der Waals surface area (Å²) in [5.74, 6) is 3.04. The highest BCUT2D eigenvalue weighted by atomic mass is 79.9. The van der Waals surface area contributed by atoms with Crippen molar-refractivity contribution in [1.82, 2.24) is 14.8 Å². The molecule has 0 radical (unpaired) electrons. The second-order valence-corrected chi connectivity index (χ2v) is 13.3. The number of anilines is 2. The van der Waals surface area contributed by atoms with E-state index in [0.29, 0.717) is 79.7 Å². The number of nitrogens with one attached hydrogen (secondary N) is 2. The second kappa shape index (κ2) is 15.3. The van der Waals surface area contributed by atoms with Crippen LogP contribution in [-0.4, -0.2) is 41.0 Å². The van der Waals surface area contributed by atoms with Crippen molar-refractivity contribution in [2.75, 3.05) is 31.0 Å². The standard InChI is InChI=1S/C34H37BrClN5O4S/c1-6-44-28-18-23(17-24(35)31(28)45-16-15-20(2)3)30-29(32(42)38-26-13-9-10-14-27(26)43-5)21(4)37-33-39-34(40-41(30)33)46-19-22-11-7-8-12-25(22)36/h7-14,17-18,20,30H,6,15-16,19H2,1-5H3,(H,38,42)(H,37,39,40). The maximum Gasteiger partial charge on any atom is 0.255 e. The van der Waals surface area contributed by atoms with E-state index in [1.54, 1.807) is 23.9 Å². The van der Waals surface area contributed by atoms with Crippen molar-refractivity contribution in [3.8, 4) is 17.2 Å². The van der Waals surface area contributed by atoms with Crippen LogP contribution in [0, 0.1) is 5.92 Å². The van der Waals surface area contributed by atoms with Crippen LogP contribution in [0.5, 0.6) is 17.2 Å². The first kappa shape index (κ1) is 33.7. The molecule has 5 rings (SSSR count). The number of methoxy groups -OCH3 is 1. The minimum atomic E-state index is -0.645. The molecule has 1 aliphatic heterocycles. The van der Waals surface area contributed by atoms with Gasteiger partial charge in [0.25, 0.3) is 5.91 Å². The lowest BCUT2D eigenvalue weighted by Crippen LogP contribution is -2.31. The quantitative estimate of drug-likeness (QED) is 0.132. The number of hydrogen-bond donors (Lipinski definition) is 2. The van der Waals surface area contributed by atoms with Gasteiger partial charge in [-0.1, -0.05) is 67.5 Å². The molecule has 242 valence electrons. The van der Waals surface area contributed by atoms with Crippen LogP contribution in [0.25, 0.3) is 0 Å². The maximum atomic E-state index is 14.1. The van der Waals surface area contributed by atoms with Gasteiger partial charge in [-0.05, 0) is 83.6 Å². The monoisotopic (exact) mass is 725 g/mol. The molecule has 0 saturated carbocycles. The van der Waals surface area contributed by atoms with Gasteiger partial charge in [0.2, 0.25) is 11.1 Å². The van der Waals surface area contributed by atoms with E-state index in [-0.39, 0.29) is 5.91 Å². The highest BCUT2D eigenvalue weighted by Crippen LogP contribution is 2.44. The molecule has 1 amide bonds. The average Bonchev–Trinajstić information content (AvgIpc) is 3.43. The number of allylic oxidation sites excluding steroid dienone is 1. The summed E-state index contributed by atoms with van der Waals surface area (Å²) in [4.78, 5) is 18.9. The number of benzene rings is 3. The van der Waals surface area contributed by atoms with Crippen LogP contribution < -0.4 is 24.8 Å². The van der Waals surface area contributed by atoms with Gasteiger partial charge in [-0.15, -0.1) is 5.10 Å². The molecule has 2 heterocycles. The molecule has 2 N–H and O–H groups in total. The van der Waals surface area contributed by atoms with Crippen LogP contribution in [0.1, 0.15) is 51.3 Å². The van der Waals surface area contributed by atoms with Crippen LogP contribution in [-0.2, 0) is 10.5 Å². The third kappa shape index (κ3) is 7.65. The number of amides is 1. The summed E-state index contributed by atoms with van der Waals surface area (Å²) >= 11 is 11.6. The van der Waals surface area contributed by atoms with E-state index in [2.05, 4.69) is 40.4 Å². The van der Waals surface area contributed by atoms with Gasteiger partial charge in [0.1, 0.15) is 11.8 Å². The molecular weight excluding hydrogens is 690 g/mol. The van der Waals surface area contributed by atoms with E-state index in [4.69, 9.17) is 35.9 Å². The summed E-state index contributed by atoms with van der Waals surface area (Å²) in [6.07, 6.45) is 0.903. The molecular formula is C34H37BrClN5O4S. The van der Waals surface area contributed by atoms with Crippen molar-refractivity contribution >= 4 is 56.8 Å². The Bertz CT molecular complexity index is 1740. The Kier molecular flexibility index (Phi) is 11.2. The topological polar surface area (TPSA) is 99.5 Å². The lowest BCUT2D eigenvalue weighted by atomic mass is 9.94. The summed E-state index contributed by atoms with van der Waals surface area (Å²) in [5, 5.41) is 12.5. The van der Waals surface area contributed by atoms with Crippen molar-refractivity contribution < 1.29 is 19.0 Å². The Morgan fingerprint density at radius 3 is 2.63 bits per heavy atom. The fraction of sp³-hybridized carbons (Fsp3) is 0.324. The molecule has 46 heavy (non-hydrogen) atoms. The Labute approximate surface area is 287 Å². The first-order valence-corrected chi connectivity index (χ1v) is 17.2. The number of carbonyl (C=O) groups is 1. The number of hydrogen-bond acceptors (Lipinski definition) is 8. The molecule has 9 nitrogen and oxygen atoms in total. The Morgan fingerprint density at radius 2 is 1.89 bits per heavy atom. The zero-order valence-corrected chi connectivity index (χ0v) is 29.6. The van der Waals surface area contributed by atoms with Gasteiger partial charge in [-0.3, -0.25) is 4.79 Å². The van der Waals surface area contributed by atoms with Crippen LogP contribution in [0.15, 0.2) is 81.6 Å². The third-order valence-corrected chi connectivity index (χ3v) is 9.18. The van der Waals surface area contributed by atoms with Crippen molar-refractivity contribution in [3.63, 3.8) is 0 Å². The van der Waals surface area contributed by atoms with Gasteiger partial charge in [-0.2, -0.15) is 4.98 Å². The molecule has 1 unspecified atom stereocenters. The predicted octanol–water partition coefficient (Wildman–Crippen LogP) is 8.75. The van der Waals surface area contributed by atoms with Gasteiger partial charge in [0.15, 0.2) is 11.5 Å². The van der Waals surface area contributed by atoms with Gasteiger partial charge in [0.05, 0.1) is 36.1 Å². The summed E-state index contributed by atoms with van der Waals surface area (Å²) < 4.78 is 20.2. The number of halogens is 2.